The molecule has 3 nitrogen and oxygen atoms in total. The third kappa shape index (κ3) is 3.48. The molecule has 2 aromatic rings. The van der Waals surface area contributed by atoms with Crippen molar-refractivity contribution in [2.45, 2.75) is 25.6 Å². The van der Waals surface area contributed by atoms with Gasteiger partial charge in [0, 0.05) is 13.1 Å². The second-order valence-electron chi connectivity index (χ2n) is 6.17. The van der Waals surface area contributed by atoms with Crippen LogP contribution in [0.2, 0.25) is 0 Å². The van der Waals surface area contributed by atoms with Crippen molar-refractivity contribution >= 4 is 11.4 Å². The van der Waals surface area contributed by atoms with Gasteiger partial charge in [-0.2, -0.15) is 13.2 Å². The quantitative estimate of drug-likeness (QED) is 0.716. The fraction of sp³-hybridized carbons (Fsp3) is 0.333. The predicted molar refractivity (Wildman–Crippen MR) is 90.4 cm³/mol. The average molecular weight is 335 g/mol. The zero-order valence-corrected chi connectivity index (χ0v) is 13.2. The van der Waals surface area contributed by atoms with Crippen LogP contribution in [0.4, 0.5) is 24.5 Å². The Kier molecular flexibility index (Phi) is 4.41. The summed E-state index contributed by atoms with van der Waals surface area (Å²) in [6.07, 6.45) is -2.29. The van der Waals surface area contributed by atoms with Crippen LogP contribution in [0, 0.1) is 5.92 Å². The second kappa shape index (κ2) is 6.36. The lowest BCUT2D eigenvalue weighted by molar-refractivity contribution is -0.136. The van der Waals surface area contributed by atoms with Crippen LogP contribution in [0.15, 0.2) is 36.4 Å². The SMILES string of the molecule is NCc1ccc(-c2ccc(NCC3CC3)c(N)c2C(F)(F)F)cc1. The predicted octanol–water partition coefficient (Wildman–Crippen LogP) is 4.24. The highest BCUT2D eigenvalue weighted by Gasteiger charge is 2.37. The van der Waals surface area contributed by atoms with E-state index in [9.17, 15) is 13.2 Å². The minimum Gasteiger partial charge on any atom is -0.397 e. The Hall–Kier alpha value is -2.21. The van der Waals surface area contributed by atoms with Gasteiger partial charge in [-0.05, 0) is 41.5 Å². The maximum Gasteiger partial charge on any atom is 0.419 e. The third-order valence-corrected chi connectivity index (χ3v) is 4.31. The Morgan fingerprint density at radius 2 is 1.71 bits per heavy atom. The van der Waals surface area contributed by atoms with E-state index in [1.807, 2.05) is 0 Å². The lowest BCUT2D eigenvalue weighted by Gasteiger charge is -2.19. The molecule has 24 heavy (non-hydrogen) atoms. The summed E-state index contributed by atoms with van der Waals surface area (Å²) in [5.74, 6) is 0.544. The molecule has 1 fully saturated rings. The van der Waals surface area contributed by atoms with Gasteiger partial charge in [-0.1, -0.05) is 30.3 Å². The fourth-order valence-electron chi connectivity index (χ4n) is 2.72. The first kappa shape index (κ1) is 16.6. The number of nitrogens with two attached hydrogens (primary N) is 2. The van der Waals surface area contributed by atoms with Crippen molar-refractivity contribution in [1.29, 1.82) is 0 Å². The molecular formula is C18H20F3N3. The molecule has 2 aromatic carbocycles. The standard InChI is InChI=1S/C18H20F3N3/c19-18(20,21)16-14(13-5-3-11(9-22)4-6-13)7-8-15(17(16)23)24-10-12-1-2-12/h3-8,12,24H,1-2,9-10,22-23H2. The van der Waals surface area contributed by atoms with Gasteiger partial charge < -0.3 is 16.8 Å². The van der Waals surface area contributed by atoms with Gasteiger partial charge in [0.2, 0.25) is 0 Å². The molecule has 3 rings (SSSR count). The highest BCUT2D eigenvalue weighted by Crippen LogP contribution is 2.44. The highest BCUT2D eigenvalue weighted by molar-refractivity contribution is 5.82. The minimum atomic E-state index is -4.52. The fourth-order valence-corrected chi connectivity index (χ4v) is 2.72. The van der Waals surface area contributed by atoms with Crippen molar-refractivity contribution in [3.05, 3.63) is 47.5 Å². The molecule has 0 aliphatic heterocycles. The van der Waals surface area contributed by atoms with E-state index in [2.05, 4.69) is 5.32 Å². The van der Waals surface area contributed by atoms with E-state index in [-0.39, 0.29) is 11.3 Å². The van der Waals surface area contributed by atoms with E-state index in [1.165, 1.54) is 6.07 Å². The third-order valence-electron chi connectivity index (χ3n) is 4.31. The molecule has 5 N–H and O–H groups in total. The van der Waals surface area contributed by atoms with E-state index in [1.54, 1.807) is 30.3 Å². The van der Waals surface area contributed by atoms with Crippen LogP contribution in [0.5, 0.6) is 0 Å². The summed E-state index contributed by atoms with van der Waals surface area (Å²) in [7, 11) is 0. The lowest BCUT2D eigenvalue weighted by Crippen LogP contribution is -2.14. The number of nitrogens with one attached hydrogen (secondary N) is 1. The molecule has 6 heteroatoms. The van der Waals surface area contributed by atoms with Crippen molar-refractivity contribution in [1.82, 2.24) is 0 Å². The zero-order chi connectivity index (χ0) is 17.3. The van der Waals surface area contributed by atoms with Crippen molar-refractivity contribution in [3.8, 4) is 11.1 Å². The van der Waals surface area contributed by atoms with E-state index >= 15 is 0 Å². The molecule has 0 aromatic heterocycles. The number of benzene rings is 2. The van der Waals surface area contributed by atoms with Gasteiger partial charge in [-0.15, -0.1) is 0 Å². The van der Waals surface area contributed by atoms with Gasteiger partial charge in [-0.3, -0.25) is 0 Å². The molecule has 0 amide bonds. The smallest absolute Gasteiger partial charge is 0.397 e. The van der Waals surface area contributed by atoms with Crippen molar-refractivity contribution in [3.63, 3.8) is 0 Å². The van der Waals surface area contributed by atoms with Crippen LogP contribution < -0.4 is 16.8 Å². The summed E-state index contributed by atoms with van der Waals surface area (Å²) in [4.78, 5) is 0. The highest BCUT2D eigenvalue weighted by atomic mass is 19.4. The normalized spacial score (nSPS) is 14.7. The number of alkyl halides is 3. The summed E-state index contributed by atoms with van der Waals surface area (Å²) in [6, 6.07) is 9.84. The van der Waals surface area contributed by atoms with E-state index in [0.29, 0.717) is 30.3 Å². The van der Waals surface area contributed by atoms with E-state index in [0.717, 1.165) is 18.4 Å². The Morgan fingerprint density at radius 1 is 1.04 bits per heavy atom. The number of hydrogen-bond donors (Lipinski definition) is 3. The lowest BCUT2D eigenvalue weighted by atomic mass is 9.96. The van der Waals surface area contributed by atoms with Crippen LogP contribution in [-0.2, 0) is 12.7 Å². The van der Waals surface area contributed by atoms with Gasteiger partial charge in [0.1, 0.15) is 0 Å². The van der Waals surface area contributed by atoms with Crippen LogP contribution >= 0.6 is 0 Å². The minimum absolute atomic E-state index is 0.0838. The number of nitrogen functional groups attached to an aromatic ring is 1. The molecule has 0 bridgehead atoms. The van der Waals surface area contributed by atoms with Gasteiger partial charge in [0.25, 0.3) is 0 Å². The largest absolute Gasteiger partial charge is 0.419 e. The maximum absolute atomic E-state index is 13.6. The van der Waals surface area contributed by atoms with Crippen molar-refractivity contribution < 1.29 is 13.2 Å². The zero-order valence-electron chi connectivity index (χ0n) is 13.2. The Morgan fingerprint density at radius 3 is 2.25 bits per heavy atom. The van der Waals surface area contributed by atoms with Crippen molar-refractivity contribution in [2.75, 3.05) is 17.6 Å². The first-order valence-electron chi connectivity index (χ1n) is 7.93. The van der Waals surface area contributed by atoms with Gasteiger partial charge in [0.05, 0.1) is 16.9 Å². The summed E-state index contributed by atoms with van der Waals surface area (Å²) in [6.45, 7) is 1.00. The molecule has 0 saturated heterocycles. The number of hydrogen-bond acceptors (Lipinski definition) is 3. The van der Waals surface area contributed by atoms with Crippen LogP contribution in [0.25, 0.3) is 11.1 Å². The Balaban J connectivity index is 2.02. The van der Waals surface area contributed by atoms with Crippen LogP contribution in [0.1, 0.15) is 24.0 Å². The van der Waals surface area contributed by atoms with E-state index < -0.39 is 11.7 Å². The molecule has 128 valence electrons. The molecule has 1 saturated carbocycles. The molecule has 0 radical (unpaired) electrons. The van der Waals surface area contributed by atoms with Gasteiger partial charge in [0.15, 0.2) is 0 Å². The maximum atomic E-state index is 13.6. The van der Waals surface area contributed by atoms with Crippen LogP contribution in [-0.4, -0.2) is 6.54 Å². The monoisotopic (exact) mass is 335 g/mol. The Labute approximate surface area is 138 Å². The molecule has 0 spiro atoms. The summed E-state index contributed by atoms with van der Waals surface area (Å²) >= 11 is 0. The molecule has 0 heterocycles. The first-order chi connectivity index (χ1) is 11.4. The second-order valence-corrected chi connectivity index (χ2v) is 6.17. The van der Waals surface area contributed by atoms with E-state index in [4.69, 9.17) is 11.5 Å². The average Bonchev–Trinajstić information content (AvgIpc) is 3.36. The first-order valence-corrected chi connectivity index (χ1v) is 7.93. The molecule has 0 atom stereocenters. The van der Waals surface area contributed by atoms with Crippen molar-refractivity contribution in [2.24, 2.45) is 11.7 Å². The number of halogens is 3. The summed E-state index contributed by atoms with van der Waals surface area (Å²) < 4.78 is 40.8. The molecule has 0 unspecified atom stereocenters. The molecule has 1 aliphatic rings. The summed E-state index contributed by atoms with van der Waals surface area (Å²) in [5, 5.41) is 3.04. The summed E-state index contributed by atoms with van der Waals surface area (Å²) in [5.41, 5.74) is 12.1. The van der Waals surface area contributed by atoms with Crippen LogP contribution in [0.3, 0.4) is 0 Å². The topological polar surface area (TPSA) is 64.1 Å². The van der Waals surface area contributed by atoms with Gasteiger partial charge >= 0.3 is 6.18 Å². The molecular weight excluding hydrogens is 315 g/mol. The number of rotatable bonds is 5. The number of anilines is 2. The van der Waals surface area contributed by atoms with Gasteiger partial charge in [-0.25, -0.2) is 0 Å². The molecule has 1 aliphatic carbocycles. The Bertz CT molecular complexity index is 720.